The lowest BCUT2D eigenvalue weighted by Gasteiger charge is -2.35. The van der Waals surface area contributed by atoms with Crippen molar-refractivity contribution in [2.75, 3.05) is 31.1 Å². The second kappa shape index (κ2) is 7.69. The number of hydrogen-bond donors (Lipinski definition) is 0. The van der Waals surface area contributed by atoms with Gasteiger partial charge in [-0.05, 0) is 42.9 Å². The summed E-state index contributed by atoms with van der Waals surface area (Å²) in [5.41, 5.74) is 1.47. The molecule has 1 aliphatic carbocycles. The number of piperazine rings is 1. The summed E-state index contributed by atoms with van der Waals surface area (Å²) in [4.78, 5) is 29.5. The summed E-state index contributed by atoms with van der Waals surface area (Å²) in [6.45, 7) is 9.54. The molecule has 0 radical (unpaired) electrons. The Morgan fingerprint density at radius 1 is 1.23 bits per heavy atom. The standard InChI is InChI=1S/C23H28N4O2S/c1-14(2)20-24-21(19-16-7-6-15(3)13-18(16)30-22(19)25-20)26-8-10-27(11-9-26)23(28)17-5-4-12-29-17/h4-5,12,14-15H,6-11,13H2,1-3H3. The molecular formula is C23H28N4O2S. The molecule has 1 atom stereocenters. The molecule has 1 fully saturated rings. The maximum atomic E-state index is 12.6. The van der Waals surface area contributed by atoms with E-state index < -0.39 is 0 Å². The quantitative estimate of drug-likeness (QED) is 0.620. The molecule has 1 aliphatic heterocycles. The van der Waals surface area contributed by atoms with Crippen LogP contribution in [-0.2, 0) is 12.8 Å². The summed E-state index contributed by atoms with van der Waals surface area (Å²) in [5.74, 6) is 3.39. The number of thiophene rings is 1. The van der Waals surface area contributed by atoms with Crippen LogP contribution in [-0.4, -0.2) is 47.0 Å². The molecule has 7 heteroatoms. The maximum absolute atomic E-state index is 12.6. The monoisotopic (exact) mass is 424 g/mol. The van der Waals surface area contributed by atoms with Gasteiger partial charge in [-0.1, -0.05) is 20.8 Å². The number of nitrogens with zero attached hydrogens (tertiary/aromatic N) is 4. The van der Waals surface area contributed by atoms with Gasteiger partial charge in [0.05, 0.1) is 11.6 Å². The minimum atomic E-state index is -0.0303. The Morgan fingerprint density at radius 3 is 2.73 bits per heavy atom. The highest BCUT2D eigenvalue weighted by molar-refractivity contribution is 7.19. The van der Waals surface area contributed by atoms with Crippen LogP contribution >= 0.6 is 11.3 Å². The van der Waals surface area contributed by atoms with Gasteiger partial charge in [-0.15, -0.1) is 11.3 Å². The van der Waals surface area contributed by atoms with Gasteiger partial charge in [0.15, 0.2) is 5.76 Å². The van der Waals surface area contributed by atoms with Crippen LogP contribution in [0.4, 0.5) is 5.82 Å². The van der Waals surface area contributed by atoms with E-state index in [-0.39, 0.29) is 11.8 Å². The molecular weight excluding hydrogens is 396 g/mol. The first kappa shape index (κ1) is 19.5. The molecule has 0 bridgehead atoms. The van der Waals surface area contributed by atoms with Gasteiger partial charge in [-0.2, -0.15) is 0 Å². The summed E-state index contributed by atoms with van der Waals surface area (Å²) >= 11 is 1.86. The van der Waals surface area contributed by atoms with Crippen molar-refractivity contribution in [2.24, 2.45) is 5.92 Å². The highest BCUT2D eigenvalue weighted by Crippen LogP contribution is 2.41. The molecule has 158 valence electrons. The van der Waals surface area contributed by atoms with Crippen molar-refractivity contribution in [3.63, 3.8) is 0 Å². The van der Waals surface area contributed by atoms with E-state index in [2.05, 4.69) is 25.7 Å². The Labute approximate surface area is 180 Å². The normalized spacial score (nSPS) is 19.5. The van der Waals surface area contributed by atoms with Gasteiger partial charge in [-0.3, -0.25) is 4.79 Å². The number of carbonyl (C=O) groups is 1. The number of anilines is 1. The number of furan rings is 1. The molecule has 0 saturated carbocycles. The predicted molar refractivity (Wildman–Crippen MR) is 120 cm³/mol. The molecule has 6 nitrogen and oxygen atoms in total. The van der Waals surface area contributed by atoms with Crippen molar-refractivity contribution in [3.8, 4) is 0 Å². The molecule has 5 rings (SSSR count). The smallest absolute Gasteiger partial charge is 0.289 e. The number of aromatic nitrogens is 2. The second-order valence-electron chi connectivity index (χ2n) is 8.85. The fourth-order valence-electron chi connectivity index (χ4n) is 4.50. The van der Waals surface area contributed by atoms with Crippen LogP contribution in [0.3, 0.4) is 0 Å². The topological polar surface area (TPSA) is 62.5 Å². The Balaban J connectivity index is 1.47. The molecule has 1 amide bonds. The van der Waals surface area contributed by atoms with Gasteiger partial charge in [0.25, 0.3) is 5.91 Å². The van der Waals surface area contributed by atoms with Crippen LogP contribution in [0.2, 0.25) is 0 Å². The molecule has 2 aliphatic rings. The van der Waals surface area contributed by atoms with Crippen LogP contribution in [0.5, 0.6) is 0 Å². The number of hydrogen-bond acceptors (Lipinski definition) is 6. The molecule has 3 aromatic heterocycles. The number of rotatable bonds is 3. The van der Waals surface area contributed by atoms with Crippen molar-refractivity contribution in [3.05, 3.63) is 40.4 Å². The molecule has 1 saturated heterocycles. The van der Waals surface area contributed by atoms with E-state index in [0.29, 0.717) is 18.8 Å². The van der Waals surface area contributed by atoms with Gasteiger partial charge >= 0.3 is 0 Å². The highest BCUT2D eigenvalue weighted by Gasteiger charge is 2.29. The molecule has 0 aromatic carbocycles. The first-order chi connectivity index (χ1) is 14.5. The van der Waals surface area contributed by atoms with Crippen molar-refractivity contribution in [1.29, 1.82) is 0 Å². The lowest BCUT2D eigenvalue weighted by molar-refractivity contribution is 0.0714. The zero-order chi connectivity index (χ0) is 20.8. The zero-order valence-corrected chi connectivity index (χ0v) is 18.7. The largest absolute Gasteiger partial charge is 0.459 e. The van der Waals surface area contributed by atoms with E-state index in [9.17, 15) is 4.79 Å². The number of carbonyl (C=O) groups excluding carboxylic acids is 1. The van der Waals surface area contributed by atoms with Gasteiger partial charge in [0.2, 0.25) is 0 Å². The van der Waals surface area contributed by atoms with Gasteiger partial charge in [0, 0.05) is 37.0 Å². The Hall–Kier alpha value is -2.41. The van der Waals surface area contributed by atoms with Gasteiger partial charge in [-0.25, -0.2) is 9.97 Å². The van der Waals surface area contributed by atoms with Crippen molar-refractivity contribution >= 4 is 33.3 Å². The summed E-state index contributed by atoms with van der Waals surface area (Å²) in [7, 11) is 0. The predicted octanol–water partition coefficient (Wildman–Crippen LogP) is 4.49. The van der Waals surface area contributed by atoms with Crippen molar-refractivity contribution in [2.45, 2.75) is 46.0 Å². The lowest BCUT2D eigenvalue weighted by Crippen LogP contribution is -2.49. The third kappa shape index (κ3) is 3.39. The van der Waals surface area contributed by atoms with E-state index in [4.69, 9.17) is 14.4 Å². The third-order valence-electron chi connectivity index (χ3n) is 6.27. The number of amides is 1. The average Bonchev–Trinajstić information content (AvgIpc) is 3.40. The number of fused-ring (bicyclic) bond motifs is 3. The summed E-state index contributed by atoms with van der Waals surface area (Å²) < 4.78 is 5.30. The summed E-state index contributed by atoms with van der Waals surface area (Å²) in [6.07, 6.45) is 5.05. The number of aryl methyl sites for hydroxylation is 1. The van der Waals surface area contributed by atoms with E-state index in [1.54, 1.807) is 18.4 Å². The van der Waals surface area contributed by atoms with E-state index in [0.717, 1.165) is 48.3 Å². The summed E-state index contributed by atoms with van der Waals surface area (Å²) in [6, 6.07) is 3.49. The van der Waals surface area contributed by atoms with Crippen LogP contribution in [0, 0.1) is 5.92 Å². The molecule has 4 heterocycles. The third-order valence-corrected chi connectivity index (χ3v) is 7.42. The average molecular weight is 425 g/mol. The van der Waals surface area contributed by atoms with Gasteiger partial charge in [0.1, 0.15) is 16.5 Å². The Kier molecular flexibility index (Phi) is 5.01. The molecule has 1 unspecified atom stereocenters. The maximum Gasteiger partial charge on any atom is 0.289 e. The van der Waals surface area contributed by atoms with Crippen LogP contribution in [0.25, 0.3) is 10.2 Å². The molecule has 3 aromatic rings. The second-order valence-corrected chi connectivity index (χ2v) is 9.93. The molecule has 30 heavy (non-hydrogen) atoms. The highest BCUT2D eigenvalue weighted by atomic mass is 32.1. The Bertz CT molecular complexity index is 1060. The Morgan fingerprint density at radius 2 is 2.03 bits per heavy atom. The van der Waals surface area contributed by atoms with E-state index >= 15 is 0 Å². The van der Waals surface area contributed by atoms with Crippen LogP contribution < -0.4 is 4.90 Å². The summed E-state index contributed by atoms with van der Waals surface area (Å²) in [5, 5.41) is 1.26. The fourth-order valence-corrected chi connectivity index (χ4v) is 5.89. The molecule has 0 spiro atoms. The minimum absolute atomic E-state index is 0.0303. The van der Waals surface area contributed by atoms with Crippen LogP contribution in [0.1, 0.15) is 59.9 Å². The minimum Gasteiger partial charge on any atom is -0.459 e. The molecule has 0 N–H and O–H groups in total. The SMILES string of the molecule is CC1CCc2c(sc3nc(C(C)C)nc(N4CCN(C(=O)c5ccco5)CC4)c23)C1. The first-order valence-corrected chi connectivity index (χ1v) is 11.7. The fraction of sp³-hybridized carbons (Fsp3) is 0.522. The van der Waals surface area contributed by atoms with Crippen LogP contribution in [0.15, 0.2) is 22.8 Å². The van der Waals surface area contributed by atoms with Crippen molar-refractivity contribution in [1.82, 2.24) is 14.9 Å². The van der Waals surface area contributed by atoms with Crippen molar-refractivity contribution < 1.29 is 9.21 Å². The lowest BCUT2D eigenvalue weighted by atomic mass is 9.89. The van der Waals surface area contributed by atoms with E-state index in [1.165, 1.54) is 22.2 Å². The van der Waals surface area contributed by atoms with E-state index in [1.807, 2.05) is 16.2 Å². The first-order valence-electron chi connectivity index (χ1n) is 10.9. The zero-order valence-electron chi connectivity index (χ0n) is 17.9. The van der Waals surface area contributed by atoms with Gasteiger partial charge < -0.3 is 14.2 Å².